The van der Waals surface area contributed by atoms with E-state index >= 15 is 0 Å². The van der Waals surface area contributed by atoms with E-state index in [0.29, 0.717) is 40.3 Å². The van der Waals surface area contributed by atoms with Crippen LogP contribution in [-0.4, -0.2) is 42.2 Å². The van der Waals surface area contributed by atoms with E-state index in [-0.39, 0.29) is 22.1 Å². The molecule has 0 saturated carbocycles. The normalized spacial score (nSPS) is 12.1. The zero-order chi connectivity index (χ0) is 33.8. The predicted molar refractivity (Wildman–Crippen MR) is 186 cm³/mol. The number of aliphatic hydroxyl groups is 1. The highest BCUT2D eigenvalue weighted by Gasteiger charge is 2.23. The molecular weight excluding hydrogens is 635 g/mol. The molecule has 0 bridgehead atoms. The van der Waals surface area contributed by atoms with Crippen LogP contribution in [0.3, 0.4) is 0 Å². The van der Waals surface area contributed by atoms with Crippen LogP contribution >= 0.6 is 11.8 Å². The van der Waals surface area contributed by atoms with Gasteiger partial charge in [-0.1, -0.05) is 88.0 Å². The van der Waals surface area contributed by atoms with Crippen molar-refractivity contribution in [3.63, 3.8) is 0 Å². The van der Waals surface area contributed by atoms with Crippen molar-refractivity contribution in [2.45, 2.75) is 79.6 Å². The Hall–Kier alpha value is -3.83. The summed E-state index contributed by atoms with van der Waals surface area (Å²) in [4.78, 5) is 13.7. The van der Waals surface area contributed by atoms with Crippen molar-refractivity contribution in [3.8, 4) is 22.6 Å². The Bertz CT molecular complexity index is 1740. The number of unbranched alkanes of at least 4 members (excludes halogenated alkanes) is 5. The van der Waals surface area contributed by atoms with E-state index in [9.17, 15) is 28.0 Å². The van der Waals surface area contributed by atoms with Gasteiger partial charge in [0, 0.05) is 27.5 Å². The minimum Gasteiger partial charge on any atom is -0.508 e. The average Bonchev–Trinajstić information content (AvgIpc) is 3.06. The number of aliphatic hydroxyl groups excluding tert-OH is 1. The van der Waals surface area contributed by atoms with Gasteiger partial charge in [-0.3, -0.25) is 9.35 Å². The third-order valence-corrected chi connectivity index (χ3v) is 9.86. The number of carbonyl (C=O) groups excluding carboxylic acids is 1. The number of ether oxygens (including phenoxy) is 1. The van der Waals surface area contributed by atoms with Crippen LogP contribution in [0.4, 0.5) is 0 Å². The molecule has 1 amide bonds. The molecule has 8 nitrogen and oxygen atoms in total. The number of aromatic hydroxyl groups is 1. The molecule has 1 unspecified atom stereocenters. The van der Waals surface area contributed by atoms with Gasteiger partial charge in [0.1, 0.15) is 22.5 Å². The maximum atomic E-state index is 12.8. The number of benzene rings is 4. The molecule has 0 aromatic heterocycles. The first-order valence-electron chi connectivity index (χ1n) is 16.0. The van der Waals surface area contributed by atoms with Gasteiger partial charge in [-0.25, -0.2) is 0 Å². The lowest BCUT2D eigenvalue weighted by molar-refractivity contribution is 0.0952. The van der Waals surface area contributed by atoms with Crippen LogP contribution in [-0.2, 0) is 10.1 Å². The minimum atomic E-state index is -4.62. The first-order valence-corrected chi connectivity index (χ1v) is 18.3. The summed E-state index contributed by atoms with van der Waals surface area (Å²) in [5, 5.41) is 25.1. The quantitative estimate of drug-likeness (QED) is 0.0647. The summed E-state index contributed by atoms with van der Waals surface area (Å²) in [7, 11) is -4.62. The van der Waals surface area contributed by atoms with E-state index < -0.39 is 16.2 Å². The molecule has 0 spiro atoms. The Morgan fingerprint density at radius 3 is 2.30 bits per heavy atom. The molecule has 47 heavy (non-hydrogen) atoms. The van der Waals surface area contributed by atoms with Crippen molar-refractivity contribution < 1.29 is 32.7 Å². The highest BCUT2D eigenvalue weighted by Crippen LogP contribution is 2.39. The Labute approximate surface area is 282 Å². The summed E-state index contributed by atoms with van der Waals surface area (Å²) in [6.45, 7) is 5.39. The Morgan fingerprint density at radius 2 is 1.57 bits per heavy atom. The number of phenols is 1. The molecule has 0 radical (unpaired) electrons. The van der Waals surface area contributed by atoms with Crippen molar-refractivity contribution in [2.75, 3.05) is 13.2 Å². The van der Waals surface area contributed by atoms with Gasteiger partial charge in [-0.2, -0.15) is 8.42 Å². The van der Waals surface area contributed by atoms with Crippen LogP contribution in [0.2, 0.25) is 0 Å². The van der Waals surface area contributed by atoms with Gasteiger partial charge in [-0.15, -0.1) is 0 Å². The largest absolute Gasteiger partial charge is 0.508 e. The van der Waals surface area contributed by atoms with Gasteiger partial charge in [0.2, 0.25) is 0 Å². The minimum absolute atomic E-state index is 0.136. The molecule has 4 rings (SSSR count). The second kappa shape index (κ2) is 17.4. The van der Waals surface area contributed by atoms with E-state index in [1.54, 1.807) is 36.4 Å². The third kappa shape index (κ3) is 10.1. The molecule has 0 aliphatic rings. The lowest BCUT2D eigenvalue weighted by Gasteiger charge is -2.19. The molecule has 250 valence electrons. The summed E-state index contributed by atoms with van der Waals surface area (Å²) in [6, 6.07) is 23.2. The highest BCUT2D eigenvalue weighted by molar-refractivity contribution is 8.00. The maximum absolute atomic E-state index is 12.8. The van der Waals surface area contributed by atoms with Crippen molar-refractivity contribution in [2.24, 2.45) is 0 Å². The van der Waals surface area contributed by atoms with E-state index in [2.05, 4.69) is 19.2 Å². The Morgan fingerprint density at radius 1 is 0.851 bits per heavy atom. The molecule has 0 aliphatic carbocycles. The lowest BCUT2D eigenvalue weighted by atomic mass is 9.91. The highest BCUT2D eigenvalue weighted by atomic mass is 32.2. The first kappa shape index (κ1) is 36.0. The molecule has 0 saturated heterocycles. The smallest absolute Gasteiger partial charge is 0.295 e. The van der Waals surface area contributed by atoms with Crippen LogP contribution in [0, 0.1) is 0 Å². The van der Waals surface area contributed by atoms with Crippen molar-refractivity contribution in [1.29, 1.82) is 0 Å². The lowest BCUT2D eigenvalue weighted by Crippen LogP contribution is -2.24. The summed E-state index contributed by atoms with van der Waals surface area (Å²) in [5.74, 6) is 0.237. The fraction of sp³-hybridized carbons (Fsp3) is 0.324. The monoisotopic (exact) mass is 677 g/mol. The second-order valence-electron chi connectivity index (χ2n) is 11.3. The van der Waals surface area contributed by atoms with Gasteiger partial charge in [0.05, 0.1) is 6.61 Å². The van der Waals surface area contributed by atoms with E-state index in [1.165, 1.54) is 42.4 Å². The number of phenolic OH excluding ortho intramolecular Hbond substituents is 1. The Kier molecular flexibility index (Phi) is 13.3. The molecule has 0 aliphatic heterocycles. The van der Waals surface area contributed by atoms with Gasteiger partial charge in [-0.05, 0) is 84.1 Å². The topological polar surface area (TPSA) is 133 Å². The summed E-state index contributed by atoms with van der Waals surface area (Å²) in [5.41, 5.74) is 1.76. The second-order valence-corrected chi connectivity index (χ2v) is 13.9. The number of amides is 1. The van der Waals surface area contributed by atoms with E-state index in [4.69, 9.17) is 4.74 Å². The molecule has 4 aromatic carbocycles. The van der Waals surface area contributed by atoms with Crippen LogP contribution in [0.1, 0.15) is 86.4 Å². The molecule has 4 aromatic rings. The van der Waals surface area contributed by atoms with E-state index in [0.717, 1.165) is 49.2 Å². The Balaban J connectivity index is 1.58. The summed E-state index contributed by atoms with van der Waals surface area (Å²) < 4.78 is 41.0. The standard InChI is InChI=1S/C37H43NO7S2/c1-3-5-7-8-11-22-38-37(41)27-14-20-33(39)32(24-27)36(40)31-13-10-9-12-30(31)26-15-21-34(35(25-26)47(42,43)44)46-29-18-16-28(17-19-29)45-23-6-4-2/h9-10,12-21,24-25,36,39-40H,3-8,11,22-23H2,1-2H3,(H,38,41)(H,42,43,44). The van der Waals surface area contributed by atoms with Crippen molar-refractivity contribution >= 4 is 27.8 Å². The maximum Gasteiger partial charge on any atom is 0.295 e. The molecule has 1 atom stereocenters. The summed E-state index contributed by atoms with van der Waals surface area (Å²) >= 11 is 1.19. The third-order valence-electron chi connectivity index (χ3n) is 7.76. The average molecular weight is 678 g/mol. The predicted octanol–water partition coefficient (Wildman–Crippen LogP) is 8.42. The number of carbonyl (C=O) groups is 1. The SMILES string of the molecule is CCCCCCCNC(=O)c1ccc(O)c(C(O)c2ccccc2-c2ccc(Sc3ccc(OCCCC)cc3)c(S(=O)(=O)O)c2)c1. The molecular formula is C37H43NO7S2. The van der Waals surface area contributed by atoms with Gasteiger partial charge in [0.15, 0.2) is 0 Å². The van der Waals surface area contributed by atoms with Crippen molar-refractivity contribution in [3.05, 3.63) is 102 Å². The molecule has 4 N–H and O–H groups in total. The fourth-order valence-corrected chi connectivity index (χ4v) is 7.00. The van der Waals surface area contributed by atoms with E-state index in [1.807, 2.05) is 24.3 Å². The fourth-order valence-electron chi connectivity index (χ4n) is 5.14. The number of hydrogen-bond donors (Lipinski definition) is 4. The number of hydrogen-bond acceptors (Lipinski definition) is 7. The van der Waals surface area contributed by atoms with Crippen LogP contribution in [0.15, 0.2) is 99.6 Å². The molecule has 0 heterocycles. The zero-order valence-electron chi connectivity index (χ0n) is 26.8. The molecule has 10 heteroatoms. The summed E-state index contributed by atoms with van der Waals surface area (Å²) in [6.07, 6.45) is 5.97. The van der Waals surface area contributed by atoms with Gasteiger partial charge >= 0.3 is 0 Å². The first-order chi connectivity index (χ1) is 22.6. The van der Waals surface area contributed by atoms with Crippen LogP contribution < -0.4 is 10.1 Å². The van der Waals surface area contributed by atoms with Gasteiger partial charge < -0.3 is 20.3 Å². The van der Waals surface area contributed by atoms with Gasteiger partial charge in [0.25, 0.3) is 16.0 Å². The molecule has 0 fully saturated rings. The zero-order valence-corrected chi connectivity index (χ0v) is 28.4. The van der Waals surface area contributed by atoms with Crippen LogP contribution in [0.25, 0.3) is 11.1 Å². The van der Waals surface area contributed by atoms with Crippen molar-refractivity contribution in [1.82, 2.24) is 5.32 Å². The number of rotatable bonds is 17. The number of nitrogens with one attached hydrogen (secondary N) is 1. The van der Waals surface area contributed by atoms with Crippen LogP contribution in [0.5, 0.6) is 11.5 Å².